The Morgan fingerprint density at radius 1 is 1.04 bits per heavy atom. The molecule has 26 heavy (non-hydrogen) atoms. The van der Waals surface area contributed by atoms with E-state index in [-0.39, 0.29) is 23.8 Å². The summed E-state index contributed by atoms with van der Waals surface area (Å²) in [5, 5.41) is 0. The number of carbonyl (C=O) groups excluding carboxylic acids is 2. The molecule has 0 radical (unpaired) electrons. The minimum atomic E-state index is 0.0755. The van der Waals surface area contributed by atoms with E-state index in [2.05, 4.69) is 18.2 Å². The van der Waals surface area contributed by atoms with Crippen molar-refractivity contribution in [3.63, 3.8) is 0 Å². The molecule has 2 atom stereocenters. The molecule has 2 saturated heterocycles. The monoisotopic (exact) mass is 348 g/mol. The van der Waals surface area contributed by atoms with Crippen molar-refractivity contribution in [1.82, 2.24) is 9.80 Å². The third-order valence-corrected chi connectivity index (χ3v) is 5.53. The van der Waals surface area contributed by atoms with Crippen molar-refractivity contribution in [3.8, 4) is 0 Å². The molecule has 4 heteroatoms. The van der Waals surface area contributed by atoms with Crippen molar-refractivity contribution in [2.24, 2.45) is 5.92 Å². The Labute approximate surface area is 154 Å². The van der Waals surface area contributed by atoms with Crippen LogP contribution in [0.4, 0.5) is 0 Å². The van der Waals surface area contributed by atoms with Crippen LogP contribution in [-0.2, 0) is 11.2 Å². The molecular weight excluding hydrogens is 324 g/mol. The standard InChI is InChI=1S/C22H24N2O2/c1-16-12-20-15-23(10-11-24(20)21(16)25)22(26)19-9-5-8-18(14-19)13-17-6-3-2-4-7-17/h2-9,14,16,20H,10-13,15H2,1H3. The van der Waals surface area contributed by atoms with Crippen LogP contribution >= 0.6 is 0 Å². The average Bonchev–Trinajstić information content (AvgIpc) is 2.95. The molecule has 0 aliphatic carbocycles. The SMILES string of the molecule is CC1CC2CN(C(=O)c3cccc(Cc4ccccc4)c3)CCN2C1=O. The summed E-state index contributed by atoms with van der Waals surface area (Å²) in [6.07, 6.45) is 1.68. The molecule has 2 aromatic rings. The van der Waals surface area contributed by atoms with Crippen LogP contribution in [0.15, 0.2) is 54.6 Å². The third-order valence-electron chi connectivity index (χ3n) is 5.53. The van der Waals surface area contributed by atoms with Gasteiger partial charge in [-0.25, -0.2) is 0 Å². The number of piperazine rings is 1. The van der Waals surface area contributed by atoms with Gasteiger partial charge < -0.3 is 9.80 Å². The summed E-state index contributed by atoms with van der Waals surface area (Å²) in [5.41, 5.74) is 3.12. The number of carbonyl (C=O) groups is 2. The first kappa shape index (κ1) is 16.8. The molecule has 0 N–H and O–H groups in total. The fraction of sp³-hybridized carbons (Fsp3) is 0.364. The first-order valence-corrected chi connectivity index (χ1v) is 9.34. The molecule has 2 aliphatic heterocycles. The maximum Gasteiger partial charge on any atom is 0.253 e. The van der Waals surface area contributed by atoms with Gasteiger partial charge in [-0.2, -0.15) is 0 Å². The molecule has 2 aromatic carbocycles. The van der Waals surface area contributed by atoms with Gasteiger partial charge in [-0.05, 0) is 36.1 Å². The van der Waals surface area contributed by atoms with Gasteiger partial charge in [0.2, 0.25) is 5.91 Å². The second-order valence-electron chi connectivity index (χ2n) is 7.44. The van der Waals surface area contributed by atoms with E-state index in [1.165, 1.54) is 5.56 Å². The van der Waals surface area contributed by atoms with Crippen molar-refractivity contribution in [3.05, 3.63) is 71.3 Å². The van der Waals surface area contributed by atoms with E-state index in [0.29, 0.717) is 19.6 Å². The van der Waals surface area contributed by atoms with Crippen LogP contribution in [0.25, 0.3) is 0 Å². The summed E-state index contributed by atoms with van der Waals surface area (Å²) < 4.78 is 0. The van der Waals surface area contributed by atoms with Crippen LogP contribution in [0.2, 0.25) is 0 Å². The van der Waals surface area contributed by atoms with Gasteiger partial charge in [-0.15, -0.1) is 0 Å². The molecule has 4 nitrogen and oxygen atoms in total. The molecule has 2 aliphatic rings. The molecular formula is C22H24N2O2. The highest BCUT2D eigenvalue weighted by Gasteiger charge is 2.41. The predicted octanol–water partition coefficient (Wildman–Crippen LogP) is 2.97. The molecule has 0 aromatic heterocycles. The molecule has 0 bridgehead atoms. The fourth-order valence-electron chi connectivity index (χ4n) is 4.15. The molecule has 134 valence electrons. The highest BCUT2D eigenvalue weighted by Crippen LogP contribution is 2.28. The molecule has 0 spiro atoms. The van der Waals surface area contributed by atoms with Gasteiger partial charge in [0.1, 0.15) is 0 Å². The Balaban J connectivity index is 1.47. The van der Waals surface area contributed by atoms with Crippen molar-refractivity contribution in [1.29, 1.82) is 0 Å². The zero-order valence-corrected chi connectivity index (χ0v) is 15.1. The number of amides is 2. The summed E-state index contributed by atoms with van der Waals surface area (Å²) in [6, 6.07) is 18.4. The van der Waals surface area contributed by atoms with Crippen LogP contribution in [0, 0.1) is 5.92 Å². The highest BCUT2D eigenvalue weighted by atomic mass is 16.2. The largest absolute Gasteiger partial charge is 0.336 e. The van der Waals surface area contributed by atoms with Crippen LogP contribution in [0.3, 0.4) is 0 Å². The van der Waals surface area contributed by atoms with E-state index in [0.717, 1.165) is 24.0 Å². The van der Waals surface area contributed by atoms with Gasteiger partial charge >= 0.3 is 0 Å². The van der Waals surface area contributed by atoms with E-state index >= 15 is 0 Å². The number of hydrogen-bond donors (Lipinski definition) is 0. The molecule has 2 fully saturated rings. The van der Waals surface area contributed by atoms with Gasteiger partial charge in [0.25, 0.3) is 5.91 Å². The van der Waals surface area contributed by atoms with Gasteiger partial charge in [0, 0.05) is 31.1 Å². The quantitative estimate of drug-likeness (QED) is 0.856. The molecule has 2 amide bonds. The minimum Gasteiger partial charge on any atom is -0.336 e. The minimum absolute atomic E-state index is 0.0755. The van der Waals surface area contributed by atoms with Crippen molar-refractivity contribution in [2.75, 3.05) is 19.6 Å². The second-order valence-corrected chi connectivity index (χ2v) is 7.44. The van der Waals surface area contributed by atoms with Crippen LogP contribution in [-0.4, -0.2) is 47.3 Å². The lowest BCUT2D eigenvalue weighted by Gasteiger charge is -2.37. The van der Waals surface area contributed by atoms with E-state index < -0.39 is 0 Å². The number of rotatable bonds is 3. The predicted molar refractivity (Wildman–Crippen MR) is 101 cm³/mol. The first-order valence-electron chi connectivity index (χ1n) is 9.34. The maximum atomic E-state index is 13.0. The lowest BCUT2D eigenvalue weighted by Crippen LogP contribution is -2.53. The topological polar surface area (TPSA) is 40.6 Å². The Hall–Kier alpha value is -2.62. The second kappa shape index (κ2) is 6.94. The Morgan fingerprint density at radius 2 is 1.81 bits per heavy atom. The fourth-order valence-corrected chi connectivity index (χ4v) is 4.15. The highest BCUT2D eigenvalue weighted by molar-refractivity contribution is 5.94. The third kappa shape index (κ3) is 3.24. The van der Waals surface area contributed by atoms with Crippen molar-refractivity contribution < 1.29 is 9.59 Å². The lowest BCUT2D eigenvalue weighted by molar-refractivity contribution is -0.132. The van der Waals surface area contributed by atoms with Crippen LogP contribution < -0.4 is 0 Å². The van der Waals surface area contributed by atoms with Gasteiger partial charge in [-0.1, -0.05) is 49.4 Å². The molecule has 0 saturated carbocycles. The first-order chi connectivity index (χ1) is 12.6. The summed E-state index contributed by atoms with van der Waals surface area (Å²) in [4.78, 5) is 29.0. The van der Waals surface area contributed by atoms with Crippen molar-refractivity contribution >= 4 is 11.8 Å². The van der Waals surface area contributed by atoms with Gasteiger partial charge in [0.15, 0.2) is 0 Å². The Morgan fingerprint density at radius 3 is 2.62 bits per heavy atom. The zero-order chi connectivity index (χ0) is 18.1. The summed E-state index contributed by atoms with van der Waals surface area (Å²) >= 11 is 0. The Bertz CT molecular complexity index is 818. The van der Waals surface area contributed by atoms with E-state index in [1.807, 2.05) is 53.1 Å². The van der Waals surface area contributed by atoms with E-state index in [4.69, 9.17) is 0 Å². The zero-order valence-electron chi connectivity index (χ0n) is 15.1. The molecule has 2 unspecified atom stereocenters. The number of nitrogens with zero attached hydrogens (tertiary/aromatic N) is 2. The summed E-state index contributed by atoms with van der Waals surface area (Å²) in [5.74, 6) is 0.405. The summed E-state index contributed by atoms with van der Waals surface area (Å²) in [6.45, 7) is 3.91. The van der Waals surface area contributed by atoms with E-state index in [1.54, 1.807) is 0 Å². The average molecular weight is 348 g/mol. The maximum absolute atomic E-state index is 13.0. The van der Waals surface area contributed by atoms with Gasteiger partial charge in [-0.3, -0.25) is 9.59 Å². The van der Waals surface area contributed by atoms with Gasteiger partial charge in [0.05, 0.1) is 6.04 Å². The lowest BCUT2D eigenvalue weighted by atomic mass is 10.0. The smallest absolute Gasteiger partial charge is 0.253 e. The number of fused-ring (bicyclic) bond motifs is 1. The molecule has 4 rings (SSSR count). The van der Waals surface area contributed by atoms with Crippen LogP contribution in [0.5, 0.6) is 0 Å². The summed E-state index contributed by atoms with van der Waals surface area (Å²) in [7, 11) is 0. The van der Waals surface area contributed by atoms with Crippen LogP contribution in [0.1, 0.15) is 34.8 Å². The normalized spacial score (nSPS) is 22.4. The van der Waals surface area contributed by atoms with E-state index in [9.17, 15) is 9.59 Å². The molecule has 2 heterocycles. The number of hydrogen-bond acceptors (Lipinski definition) is 2. The van der Waals surface area contributed by atoms with Crippen molar-refractivity contribution in [2.45, 2.75) is 25.8 Å². The number of benzene rings is 2. The Kier molecular flexibility index (Phi) is 4.49.